The molecule has 0 bridgehead atoms. The summed E-state index contributed by atoms with van der Waals surface area (Å²) >= 11 is 0. The average Bonchev–Trinajstić information content (AvgIpc) is 2.57. The molecule has 0 unspecified atom stereocenters. The van der Waals surface area contributed by atoms with Crippen molar-refractivity contribution >= 4 is 40.0 Å². The molecule has 0 saturated carbocycles. The van der Waals surface area contributed by atoms with Crippen LogP contribution >= 0.6 is 0 Å². The topological polar surface area (TPSA) is 113 Å². The third-order valence-electron chi connectivity index (χ3n) is 0.762. The fraction of sp³-hybridized carbons (Fsp3) is 1.00. The van der Waals surface area contributed by atoms with Crippen LogP contribution in [0.3, 0.4) is 0 Å². The molecule has 3 N–H and O–H groups in total. The van der Waals surface area contributed by atoms with Crippen LogP contribution in [0.2, 0.25) is 0 Å². The molecule has 0 aromatic rings. The third kappa shape index (κ3) is 52.6. The molecule has 0 aromatic heterocycles. The Morgan fingerprint density at radius 3 is 1.53 bits per heavy atom. The Hall–Kier alpha value is 0.750. The van der Waals surface area contributed by atoms with E-state index in [2.05, 4.69) is 0 Å². The van der Waals surface area contributed by atoms with Gasteiger partial charge in [-0.1, -0.05) is 6.92 Å². The normalized spacial score (nSPS) is 13.9. The summed E-state index contributed by atoms with van der Waals surface area (Å²) in [5.41, 5.74) is 0. The van der Waals surface area contributed by atoms with Crippen LogP contribution in [0.5, 0.6) is 0 Å². The van der Waals surface area contributed by atoms with Gasteiger partial charge >= 0.3 is 40.0 Å². The quantitative estimate of drug-likeness (QED) is 0.410. The summed E-state index contributed by atoms with van der Waals surface area (Å²) in [6, 6.07) is 0. The van der Waals surface area contributed by atoms with Crippen LogP contribution in [-0.2, 0) is 19.9 Å². The molecule has 0 aliphatic carbocycles. The fourth-order valence-corrected chi connectivity index (χ4v) is 0.295. The van der Waals surface area contributed by atoms with Crippen LogP contribution < -0.4 is 0 Å². The van der Waals surface area contributed by atoms with Gasteiger partial charge in [0.15, 0.2) is 0 Å². The van der Waals surface area contributed by atoms with Crippen LogP contribution in [0.1, 0.15) is 13.3 Å². The zero-order valence-electron chi connectivity index (χ0n) is 7.92. The van der Waals surface area contributed by atoms with Crippen molar-refractivity contribution in [2.75, 3.05) is 26.6 Å². The number of ether oxygens (including phenoxy) is 2. The first-order valence-corrected chi connectivity index (χ1v) is 5.27. The fourth-order valence-electron chi connectivity index (χ4n) is 0.295. The van der Waals surface area contributed by atoms with Gasteiger partial charge in [0.2, 0.25) is 0 Å². The first-order valence-electron chi connectivity index (χ1n) is 3.88. The number of aliphatic hydroxyl groups is 1. The second-order valence-corrected chi connectivity index (χ2v) is 3.00. The number of hydrogen-bond acceptors (Lipinski definition) is 5. The van der Waals surface area contributed by atoms with Gasteiger partial charge < -0.3 is 14.6 Å². The molecule has 0 spiro atoms. The number of hydrogen-bond donors (Lipinski definition) is 3. The molecule has 0 atom stereocenters. The van der Waals surface area contributed by atoms with E-state index in [0.29, 0.717) is 13.4 Å². The Balaban J connectivity index is -0.000000141. The van der Waals surface area contributed by atoms with Gasteiger partial charge in [-0.15, -0.1) is 0 Å². The molecule has 0 radical (unpaired) electrons. The molecular weight excluding hydrogens is 239 g/mol. The van der Waals surface area contributed by atoms with E-state index in [1.807, 2.05) is 6.92 Å². The predicted octanol–water partition coefficient (Wildman–Crippen LogP) is -0.922. The molecule has 1 fully saturated rings. The minimum atomic E-state index is -4.67. The van der Waals surface area contributed by atoms with Crippen LogP contribution in [0, 0.1) is 0 Å². The van der Waals surface area contributed by atoms with E-state index in [1.54, 1.807) is 0 Å². The molecule has 0 aromatic carbocycles. The summed E-state index contributed by atoms with van der Waals surface area (Å²) in [7, 11) is -4.67. The van der Waals surface area contributed by atoms with Crippen molar-refractivity contribution in [2.45, 2.75) is 13.3 Å². The van der Waals surface area contributed by atoms with Gasteiger partial charge in [-0.3, -0.25) is 9.11 Å². The zero-order valence-corrected chi connectivity index (χ0v) is 8.73. The van der Waals surface area contributed by atoms with Crippen molar-refractivity contribution in [3.8, 4) is 0 Å². The second-order valence-electron chi connectivity index (χ2n) is 2.11. The van der Waals surface area contributed by atoms with Gasteiger partial charge in [0.1, 0.15) is 6.79 Å². The van der Waals surface area contributed by atoms with E-state index in [9.17, 15) is 0 Å². The van der Waals surface area contributed by atoms with Crippen molar-refractivity contribution < 1.29 is 32.1 Å². The summed E-state index contributed by atoms with van der Waals surface area (Å²) in [5.74, 6) is 0. The van der Waals surface area contributed by atoms with Gasteiger partial charge in [0, 0.05) is 6.61 Å². The Bertz CT molecular complexity index is 172. The Kier molecular flexibility index (Phi) is 20.7. The van der Waals surface area contributed by atoms with Crippen LogP contribution in [0.4, 0.5) is 0 Å². The van der Waals surface area contributed by atoms with Crippen LogP contribution in [0.25, 0.3) is 0 Å². The van der Waals surface area contributed by atoms with Crippen molar-refractivity contribution in [3.63, 3.8) is 0 Å². The summed E-state index contributed by atoms with van der Waals surface area (Å²) < 4.78 is 41.0. The van der Waals surface area contributed by atoms with Crippen molar-refractivity contribution in [3.05, 3.63) is 0 Å². The maximum absolute atomic E-state index is 8.74. The first-order chi connectivity index (χ1) is 6.41. The summed E-state index contributed by atoms with van der Waals surface area (Å²) in [6.07, 6.45) is 0.875. The van der Waals surface area contributed by atoms with E-state index in [0.717, 1.165) is 19.6 Å². The van der Waals surface area contributed by atoms with Crippen molar-refractivity contribution in [2.24, 2.45) is 0 Å². The van der Waals surface area contributed by atoms with E-state index in [4.69, 9.17) is 32.1 Å². The standard InChI is InChI=1S/C3H6O2.C3H8O.Na.H2O4S.H/c1-2-5-3-4-1;1-2-3-4;;1-5(2,3)4;/h1-3H2;4H,2-3H2,1H3;;(H2,1,2,3,4);. The van der Waals surface area contributed by atoms with Gasteiger partial charge in [-0.05, 0) is 6.42 Å². The summed E-state index contributed by atoms with van der Waals surface area (Å²) in [6.45, 7) is 4.31. The van der Waals surface area contributed by atoms with Crippen LogP contribution in [0.15, 0.2) is 0 Å². The van der Waals surface area contributed by atoms with Gasteiger partial charge in [0.05, 0.1) is 13.2 Å². The molecule has 1 saturated heterocycles. The number of rotatable bonds is 1. The Morgan fingerprint density at radius 2 is 1.47 bits per heavy atom. The second kappa shape index (κ2) is 14.8. The van der Waals surface area contributed by atoms with Gasteiger partial charge in [-0.25, -0.2) is 0 Å². The number of aliphatic hydroxyl groups excluding tert-OH is 1. The van der Waals surface area contributed by atoms with Gasteiger partial charge in [0.25, 0.3) is 0 Å². The first kappa shape index (κ1) is 21.1. The molecule has 1 aliphatic heterocycles. The Labute approximate surface area is 112 Å². The van der Waals surface area contributed by atoms with Gasteiger partial charge in [-0.2, -0.15) is 8.42 Å². The SMILES string of the molecule is C1COCO1.CCCO.O=S(=O)(O)O.[NaH]. The van der Waals surface area contributed by atoms with E-state index < -0.39 is 10.4 Å². The van der Waals surface area contributed by atoms with E-state index in [1.165, 1.54) is 0 Å². The molecule has 0 amide bonds. The molecule has 90 valence electrons. The summed E-state index contributed by atoms with van der Waals surface area (Å²) in [5, 5.41) is 7.88. The molecule has 7 nitrogen and oxygen atoms in total. The molecule has 1 rings (SSSR count). The van der Waals surface area contributed by atoms with Crippen molar-refractivity contribution in [1.29, 1.82) is 0 Å². The molecule has 9 heteroatoms. The Morgan fingerprint density at radius 1 is 1.20 bits per heavy atom. The monoisotopic (exact) mass is 256 g/mol. The third-order valence-corrected chi connectivity index (χ3v) is 0.762. The minimum absolute atomic E-state index is 0. The average molecular weight is 256 g/mol. The van der Waals surface area contributed by atoms with Crippen LogP contribution in [-0.4, -0.2) is 78.8 Å². The predicted molar refractivity (Wildman–Crippen MR) is 55.5 cm³/mol. The molecule has 15 heavy (non-hydrogen) atoms. The van der Waals surface area contributed by atoms with E-state index >= 15 is 0 Å². The molecular formula is C6H17NaO7S. The van der Waals surface area contributed by atoms with Crippen molar-refractivity contribution in [1.82, 2.24) is 0 Å². The zero-order chi connectivity index (χ0) is 11.4. The van der Waals surface area contributed by atoms with E-state index in [-0.39, 0.29) is 29.6 Å². The maximum atomic E-state index is 8.74. The molecule has 1 heterocycles. The molecule has 1 aliphatic rings. The summed E-state index contributed by atoms with van der Waals surface area (Å²) in [4.78, 5) is 0.